The Kier molecular flexibility index (Phi) is 3.34. The first kappa shape index (κ1) is 13.7. The Balaban J connectivity index is 1.84. The minimum atomic E-state index is 0.118. The fourth-order valence-electron chi connectivity index (χ4n) is 3.26. The smallest absolute Gasteiger partial charge is 0.262 e. The third-order valence-corrected chi connectivity index (χ3v) is 5.74. The normalized spacial score (nSPS) is 14.2. The van der Waals surface area contributed by atoms with Gasteiger partial charge in [-0.1, -0.05) is 24.3 Å². The summed E-state index contributed by atoms with van der Waals surface area (Å²) < 4.78 is 1.76. The molecule has 22 heavy (non-hydrogen) atoms. The molecule has 1 aliphatic rings. The van der Waals surface area contributed by atoms with Crippen molar-refractivity contribution in [2.24, 2.45) is 0 Å². The summed E-state index contributed by atoms with van der Waals surface area (Å²) in [6, 6.07) is 8.21. The van der Waals surface area contributed by atoms with Crippen LogP contribution in [-0.4, -0.2) is 9.55 Å². The van der Waals surface area contributed by atoms with E-state index in [0.29, 0.717) is 6.54 Å². The predicted octanol–water partition coefficient (Wildman–Crippen LogP) is 3.69. The summed E-state index contributed by atoms with van der Waals surface area (Å²) in [5.74, 6) is 0. The molecule has 1 aromatic carbocycles. The summed E-state index contributed by atoms with van der Waals surface area (Å²) in [6.07, 6.45) is 6.26. The van der Waals surface area contributed by atoms with Crippen LogP contribution in [0.5, 0.6) is 0 Å². The molecule has 2 heterocycles. The maximum Gasteiger partial charge on any atom is 0.262 e. The van der Waals surface area contributed by atoms with Crippen molar-refractivity contribution in [1.82, 2.24) is 9.55 Å². The molecule has 0 bridgehead atoms. The molecular formula is C18H18N2OS. The van der Waals surface area contributed by atoms with Gasteiger partial charge in [0.05, 0.1) is 18.3 Å². The Morgan fingerprint density at radius 1 is 1.23 bits per heavy atom. The summed E-state index contributed by atoms with van der Waals surface area (Å²) in [4.78, 5) is 19.8. The van der Waals surface area contributed by atoms with E-state index in [4.69, 9.17) is 0 Å². The Bertz CT molecular complexity index is 907. The average Bonchev–Trinajstić information content (AvgIpc) is 2.91. The molecule has 0 amide bonds. The van der Waals surface area contributed by atoms with E-state index < -0.39 is 0 Å². The van der Waals surface area contributed by atoms with E-state index in [2.05, 4.69) is 24.0 Å². The highest BCUT2D eigenvalue weighted by molar-refractivity contribution is 7.18. The highest BCUT2D eigenvalue weighted by atomic mass is 32.1. The number of aromatic nitrogens is 2. The summed E-state index contributed by atoms with van der Waals surface area (Å²) in [5.41, 5.74) is 3.77. The van der Waals surface area contributed by atoms with Gasteiger partial charge in [0.15, 0.2) is 0 Å². The van der Waals surface area contributed by atoms with E-state index in [1.165, 1.54) is 34.4 Å². The van der Waals surface area contributed by atoms with Gasteiger partial charge in [-0.05, 0) is 49.3 Å². The molecule has 112 valence electrons. The van der Waals surface area contributed by atoms with Crippen molar-refractivity contribution in [2.45, 2.75) is 39.2 Å². The van der Waals surface area contributed by atoms with Crippen LogP contribution in [0.3, 0.4) is 0 Å². The van der Waals surface area contributed by atoms with Crippen LogP contribution in [0.2, 0.25) is 0 Å². The summed E-state index contributed by atoms with van der Waals surface area (Å²) in [5, 5.41) is 0.871. The lowest BCUT2D eigenvalue weighted by Gasteiger charge is -2.11. The van der Waals surface area contributed by atoms with Crippen LogP contribution < -0.4 is 5.56 Å². The van der Waals surface area contributed by atoms with Gasteiger partial charge in [0.25, 0.3) is 5.56 Å². The van der Waals surface area contributed by atoms with Crippen molar-refractivity contribution in [3.8, 4) is 0 Å². The molecule has 0 saturated heterocycles. The van der Waals surface area contributed by atoms with E-state index >= 15 is 0 Å². The monoisotopic (exact) mass is 310 g/mol. The lowest BCUT2D eigenvalue weighted by Crippen LogP contribution is -2.22. The Morgan fingerprint density at radius 2 is 2.05 bits per heavy atom. The first-order valence-electron chi connectivity index (χ1n) is 7.78. The Labute approximate surface area is 133 Å². The average molecular weight is 310 g/mol. The summed E-state index contributed by atoms with van der Waals surface area (Å²) >= 11 is 1.71. The predicted molar refractivity (Wildman–Crippen MR) is 90.8 cm³/mol. The van der Waals surface area contributed by atoms with E-state index in [1.807, 2.05) is 12.1 Å². The van der Waals surface area contributed by atoms with Gasteiger partial charge < -0.3 is 0 Å². The maximum absolute atomic E-state index is 12.9. The van der Waals surface area contributed by atoms with Crippen LogP contribution in [0, 0.1) is 6.92 Å². The number of thiophene rings is 1. The molecule has 0 fully saturated rings. The molecule has 1 aliphatic carbocycles. The topological polar surface area (TPSA) is 34.9 Å². The van der Waals surface area contributed by atoms with Crippen molar-refractivity contribution < 1.29 is 0 Å². The zero-order chi connectivity index (χ0) is 15.1. The van der Waals surface area contributed by atoms with E-state index in [0.717, 1.165) is 23.1 Å². The van der Waals surface area contributed by atoms with Crippen LogP contribution in [0.15, 0.2) is 35.4 Å². The van der Waals surface area contributed by atoms with Gasteiger partial charge in [0, 0.05) is 4.88 Å². The minimum Gasteiger partial charge on any atom is -0.294 e. The van der Waals surface area contributed by atoms with Crippen molar-refractivity contribution in [3.63, 3.8) is 0 Å². The van der Waals surface area contributed by atoms with Gasteiger partial charge >= 0.3 is 0 Å². The van der Waals surface area contributed by atoms with Crippen LogP contribution in [0.25, 0.3) is 10.2 Å². The van der Waals surface area contributed by atoms with Gasteiger partial charge in [-0.15, -0.1) is 11.3 Å². The molecule has 2 aromatic heterocycles. The molecule has 3 nitrogen and oxygen atoms in total. The van der Waals surface area contributed by atoms with E-state index in [9.17, 15) is 4.79 Å². The van der Waals surface area contributed by atoms with Crippen LogP contribution in [0.4, 0.5) is 0 Å². The molecule has 0 unspecified atom stereocenters. The maximum atomic E-state index is 12.9. The third-order valence-electron chi connectivity index (χ3n) is 4.54. The molecule has 4 rings (SSSR count). The molecule has 0 N–H and O–H groups in total. The summed E-state index contributed by atoms with van der Waals surface area (Å²) in [7, 11) is 0. The first-order chi connectivity index (χ1) is 10.7. The number of nitrogens with zero attached hydrogens (tertiary/aromatic N) is 2. The second kappa shape index (κ2) is 5.36. The molecule has 0 atom stereocenters. The highest BCUT2D eigenvalue weighted by Crippen LogP contribution is 2.33. The second-order valence-electron chi connectivity index (χ2n) is 6.00. The molecule has 3 aromatic rings. The standard InChI is InChI=1S/C18H18N2OS/c1-12-6-2-3-7-13(12)10-20-11-19-17-16(18(20)21)14-8-4-5-9-15(14)22-17/h2-3,6-7,11H,4-5,8-10H2,1H3. The van der Waals surface area contributed by atoms with Gasteiger partial charge in [-0.25, -0.2) is 4.98 Å². The van der Waals surface area contributed by atoms with Crippen LogP contribution in [-0.2, 0) is 19.4 Å². The van der Waals surface area contributed by atoms with Gasteiger partial charge in [0.2, 0.25) is 0 Å². The first-order valence-corrected chi connectivity index (χ1v) is 8.60. The summed E-state index contributed by atoms with van der Waals surface area (Å²) in [6.45, 7) is 2.68. The third kappa shape index (κ3) is 2.18. The highest BCUT2D eigenvalue weighted by Gasteiger charge is 2.19. The second-order valence-corrected chi connectivity index (χ2v) is 7.08. The number of fused-ring (bicyclic) bond motifs is 3. The van der Waals surface area contributed by atoms with Gasteiger partial charge in [-0.2, -0.15) is 0 Å². The largest absolute Gasteiger partial charge is 0.294 e. The van der Waals surface area contributed by atoms with Crippen molar-refractivity contribution in [3.05, 3.63) is 62.5 Å². The van der Waals surface area contributed by atoms with E-state index in [-0.39, 0.29) is 5.56 Å². The number of aryl methyl sites for hydroxylation is 3. The van der Waals surface area contributed by atoms with Crippen molar-refractivity contribution in [2.75, 3.05) is 0 Å². The zero-order valence-corrected chi connectivity index (χ0v) is 13.4. The molecular weight excluding hydrogens is 292 g/mol. The Morgan fingerprint density at radius 3 is 2.91 bits per heavy atom. The number of hydrogen-bond donors (Lipinski definition) is 0. The number of hydrogen-bond acceptors (Lipinski definition) is 3. The Hall–Kier alpha value is -1.94. The molecule has 0 spiro atoms. The molecule has 0 saturated carbocycles. The minimum absolute atomic E-state index is 0.118. The zero-order valence-electron chi connectivity index (χ0n) is 12.6. The fraction of sp³-hybridized carbons (Fsp3) is 0.333. The fourth-order valence-corrected chi connectivity index (χ4v) is 4.48. The molecule has 0 aliphatic heterocycles. The van der Waals surface area contributed by atoms with Crippen molar-refractivity contribution >= 4 is 21.6 Å². The quantitative estimate of drug-likeness (QED) is 0.723. The lowest BCUT2D eigenvalue weighted by molar-refractivity contribution is 0.697. The van der Waals surface area contributed by atoms with Crippen LogP contribution >= 0.6 is 11.3 Å². The van der Waals surface area contributed by atoms with Gasteiger partial charge in [-0.3, -0.25) is 9.36 Å². The SMILES string of the molecule is Cc1ccccc1Cn1cnc2sc3c(c2c1=O)CCCC3. The van der Waals surface area contributed by atoms with E-state index in [1.54, 1.807) is 22.2 Å². The van der Waals surface area contributed by atoms with Crippen LogP contribution in [0.1, 0.15) is 34.4 Å². The number of benzene rings is 1. The number of rotatable bonds is 2. The van der Waals surface area contributed by atoms with Crippen molar-refractivity contribution in [1.29, 1.82) is 0 Å². The lowest BCUT2D eigenvalue weighted by atomic mass is 9.97. The molecule has 4 heteroatoms. The van der Waals surface area contributed by atoms with Gasteiger partial charge in [0.1, 0.15) is 4.83 Å². The molecule has 0 radical (unpaired) electrons.